The lowest BCUT2D eigenvalue weighted by atomic mass is 10.2. The normalized spacial score (nSPS) is 17.8. The molecule has 2 saturated carbocycles. The SMILES string of the molecule is CN=C(NCc1ccc(OC)c(OC2CCCC2)c1)NCC1CC1.I. The van der Waals surface area contributed by atoms with Crippen molar-refractivity contribution in [2.45, 2.75) is 51.2 Å². The molecule has 2 fully saturated rings. The molecule has 140 valence electrons. The maximum Gasteiger partial charge on any atom is 0.191 e. The summed E-state index contributed by atoms with van der Waals surface area (Å²) in [5, 5.41) is 6.75. The average molecular weight is 459 g/mol. The van der Waals surface area contributed by atoms with Crippen LogP contribution in [0.15, 0.2) is 23.2 Å². The predicted octanol–water partition coefficient (Wildman–Crippen LogP) is 3.71. The number of aliphatic imine (C=N–C) groups is 1. The molecule has 0 amide bonds. The quantitative estimate of drug-likeness (QED) is 0.371. The molecule has 3 rings (SSSR count). The first-order chi connectivity index (χ1) is 11.8. The summed E-state index contributed by atoms with van der Waals surface area (Å²) in [5.74, 6) is 3.35. The van der Waals surface area contributed by atoms with Gasteiger partial charge in [0.15, 0.2) is 17.5 Å². The van der Waals surface area contributed by atoms with E-state index in [1.807, 2.05) is 13.1 Å². The largest absolute Gasteiger partial charge is 0.493 e. The lowest BCUT2D eigenvalue weighted by Crippen LogP contribution is -2.37. The molecule has 25 heavy (non-hydrogen) atoms. The maximum atomic E-state index is 6.16. The van der Waals surface area contributed by atoms with Crippen molar-refractivity contribution in [3.05, 3.63) is 23.8 Å². The van der Waals surface area contributed by atoms with Gasteiger partial charge in [0.05, 0.1) is 13.2 Å². The van der Waals surface area contributed by atoms with E-state index in [-0.39, 0.29) is 24.0 Å². The summed E-state index contributed by atoms with van der Waals surface area (Å²) in [4.78, 5) is 4.28. The molecule has 0 heterocycles. The van der Waals surface area contributed by atoms with Crippen LogP contribution in [0.25, 0.3) is 0 Å². The summed E-state index contributed by atoms with van der Waals surface area (Å²) in [6, 6.07) is 6.14. The van der Waals surface area contributed by atoms with Crippen molar-refractivity contribution in [2.75, 3.05) is 20.7 Å². The number of halogens is 1. The second-order valence-corrected chi connectivity index (χ2v) is 6.76. The summed E-state index contributed by atoms with van der Waals surface area (Å²) in [6.45, 7) is 1.73. The molecule has 1 aromatic rings. The van der Waals surface area contributed by atoms with Gasteiger partial charge in [-0.25, -0.2) is 0 Å². The van der Waals surface area contributed by atoms with Gasteiger partial charge < -0.3 is 20.1 Å². The summed E-state index contributed by atoms with van der Waals surface area (Å²) < 4.78 is 11.6. The van der Waals surface area contributed by atoms with E-state index in [1.54, 1.807) is 7.11 Å². The van der Waals surface area contributed by atoms with Crippen molar-refractivity contribution in [2.24, 2.45) is 10.9 Å². The van der Waals surface area contributed by atoms with Crippen LogP contribution in [0, 0.1) is 5.92 Å². The molecule has 5 nitrogen and oxygen atoms in total. The van der Waals surface area contributed by atoms with Crippen molar-refractivity contribution < 1.29 is 9.47 Å². The summed E-state index contributed by atoms with van der Waals surface area (Å²) in [5.41, 5.74) is 1.16. The molecule has 0 bridgehead atoms. The molecular formula is C19H30IN3O2. The minimum Gasteiger partial charge on any atom is -0.493 e. The molecule has 0 saturated heterocycles. The third kappa shape index (κ3) is 6.24. The summed E-state index contributed by atoms with van der Waals surface area (Å²) in [7, 11) is 3.50. The summed E-state index contributed by atoms with van der Waals surface area (Å²) in [6.07, 6.45) is 7.81. The van der Waals surface area contributed by atoms with Crippen molar-refractivity contribution in [3.8, 4) is 11.5 Å². The van der Waals surface area contributed by atoms with Gasteiger partial charge >= 0.3 is 0 Å². The second kappa shape index (κ2) is 10.1. The zero-order chi connectivity index (χ0) is 16.8. The van der Waals surface area contributed by atoms with Crippen LogP contribution in [0.2, 0.25) is 0 Å². The minimum absolute atomic E-state index is 0. The first kappa shape index (κ1) is 20.1. The van der Waals surface area contributed by atoms with Crippen LogP contribution >= 0.6 is 24.0 Å². The Morgan fingerprint density at radius 2 is 1.88 bits per heavy atom. The van der Waals surface area contributed by atoms with Gasteiger partial charge in [0.1, 0.15) is 0 Å². The first-order valence-electron chi connectivity index (χ1n) is 9.06. The maximum absolute atomic E-state index is 6.16. The molecule has 0 atom stereocenters. The fourth-order valence-corrected chi connectivity index (χ4v) is 3.08. The molecule has 1 aromatic carbocycles. The number of rotatable bonds is 7. The molecule has 2 aliphatic rings. The Hall–Kier alpha value is -1.18. The Bertz CT molecular complexity index is 570. The van der Waals surface area contributed by atoms with E-state index in [1.165, 1.54) is 25.7 Å². The van der Waals surface area contributed by atoms with E-state index in [0.717, 1.165) is 54.9 Å². The van der Waals surface area contributed by atoms with Crippen molar-refractivity contribution >= 4 is 29.9 Å². The number of hydrogen-bond acceptors (Lipinski definition) is 3. The molecule has 2 N–H and O–H groups in total. The highest BCUT2D eigenvalue weighted by Gasteiger charge is 2.21. The van der Waals surface area contributed by atoms with Gasteiger partial charge in [-0.3, -0.25) is 4.99 Å². The number of methoxy groups -OCH3 is 1. The number of benzene rings is 1. The van der Waals surface area contributed by atoms with Crippen LogP contribution in [-0.2, 0) is 6.54 Å². The molecule has 6 heteroatoms. The standard InChI is InChI=1S/C19H29N3O2.HI/c1-20-19(21-12-14-7-8-14)22-13-15-9-10-17(23-2)18(11-15)24-16-5-3-4-6-16;/h9-11,14,16H,3-8,12-13H2,1-2H3,(H2,20,21,22);1H. The third-order valence-electron chi connectivity index (χ3n) is 4.76. The highest BCUT2D eigenvalue weighted by Crippen LogP contribution is 2.32. The van der Waals surface area contributed by atoms with E-state index >= 15 is 0 Å². The van der Waals surface area contributed by atoms with E-state index in [2.05, 4.69) is 27.8 Å². The Labute approximate surface area is 168 Å². The zero-order valence-electron chi connectivity index (χ0n) is 15.2. The molecule has 0 aromatic heterocycles. The summed E-state index contributed by atoms with van der Waals surface area (Å²) >= 11 is 0. The average Bonchev–Trinajstić information content (AvgIpc) is 3.30. The van der Waals surface area contributed by atoms with E-state index in [9.17, 15) is 0 Å². The minimum atomic E-state index is 0. The zero-order valence-corrected chi connectivity index (χ0v) is 17.5. The van der Waals surface area contributed by atoms with Gasteiger partial charge in [-0.2, -0.15) is 0 Å². The molecule has 0 radical (unpaired) electrons. The molecular weight excluding hydrogens is 429 g/mol. The fourth-order valence-electron chi connectivity index (χ4n) is 3.08. The molecule has 0 unspecified atom stereocenters. The van der Waals surface area contributed by atoms with Gasteiger partial charge in [-0.15, -0.1) is 24.0 Å². The molecule has 2 aliphatic carbocycles. The second-order valence-electron chi connectivity index (χ2n) is 6.76. The fraction of sp³-hybridized carbons (Fsp3) is 0.632. The predicted molar refractivity (Wildman–Crippen MR) is 112 cm³/mol. The van der Waals surface area contributed by atoms with Gasteiger partial charge in [0.25, 0.3) is 0 Å². The van der Waals surface area contributed by atoms with Gasteiger partial charge in [0, 0.05) is 20.1 Å². The topological polar surface area (TPSA) is 54.9 Å². The lowest BCUT2D eigenvalue weighted by Gasteiger charge is -2.17. The Balaban J connectivity index is 0.00000225. The van der Waals surface area contributed by atoms with E-state index in [4.69, 9.17) is 9.47 Å². The number of nitrogens with zero attached hydrogens (tertiary/aromatic N) is 1. The van der Waals surface area contributed by atoms with Crippen molar-refractivity contribution in [1.82, 2.24) is 10.6 Å². The number of ether oxygens (including phenoxy) is 2. The number of nitrogens with one attached hydrogen (secondary N) is 2. The van der Waals surface area contributed by atoms with E-state index in [0.29, 0.717) is 6.10 Å². The first-order valence-corrected chi connectivity index (χ1v) is 9.06. The highest BCUT2D eigenvalue weighted by molar-refractivity contribution is 14.0. The third-order valence-corrected chi connectivity index (χ3v) is 4.76. The van der Waals surface area contributed by atoms with Gasteiger partial charge in [0.2, 0.25) is 0 Å². The van der Waals surface area contributed by atoms with Crippen molar-refractivity contribution in [1.29, 1.82) is 0 Å². The Kier molecular flexibility index (Phi) is 8.12. The Morgan fingerprint density at radius 3 is 2.52 bits per heavy atom. The van der Waals surface area contributed by atoms with Crippen LogP contribution in [0.5, 0.6) is 11.5 Å². The number of guanidine groups is 1. The van der Waals surface area contributed by atoms with Crippen LogP contribution in [0.4, 0.5) is 0 Å². The highest BCUT2D eigenvalue weighted by atomic mass is 127. The van der Waals surface area contributed by atoms with E-state index < -0.39 is 0 Å². The number of hydrogen-bond donors (Lipinski definition) is 2. The van der Waals surface area contributed by atoms with Gasteiger partial charge in [-0.05, 0) is 62.1 Å². The smallest absolute Gasteiger partial charge is 0.191 e. The van der Waals surface area contributed by atoms with Crippen molar-refractivity contribution in [3.63, 3.8) is 0 Å². The monoisotopic (exact) mass is 459 g/mol. The van der Waals surface area contributed by atoms with Crippen LogP contribution in [-0.4, -0.2) is 32.8 Å². The lowest BCUT2D eigenvalue weighted by molar-refractivity contribution is 0.200. The molecule has 0 aliphatic heterocycles. The van der Waals surface area contributed by atoms with Gasteiger partial charge in [-0.1, -0.05) is 6.07 Å². The van der Waals surface area contributed by atoms with Crippen LogP contribution < -0.4 is 20.1 Å². The molecule has 0 spiro atoms. The Morgan fingerprint density at radius 1 is 1.12 bits per heavy atom. The van der Waals surface area contributed by atoms with Crippen LogP contribution in [0.3, 0.4) is 0 Å². The van der Waals surface area contributed by atoms with Crippen LogP contribution in [0.1, 0.15) is 44.1 Å².